The minimum atomic E-state index is -0.466. The topological polar surface area (TPSA) is 39.9 Å². The second-order valence-electron chi connectivity index (χ2n) is 5.98. The second-order valence-corrected chi connectivity index (χ2v) is 6.77. The summed E-state index contributed by atoms with van der Waals surface area (Å²) in [5.41, 5.74) is 3.05. The van der Waals surface area contributed by atoms with E-state index in [0.717, 1.165) is 16.6 Å². The Hall–Kier alpha value is -2.63. The molecule has 27 heavy (non-hydrogen) atoms. The van der Waals surface area contributed by atoms with Gasteiger partial charge in [0.25, 0.3) is 0 Å². The van der Waals surface area contributed by atoms with Crippen molar-refractivity contribution in [3.8, 4) is 17.0 Å². The van der Waals surface area contributed by atoms with Gasteiger partial charge in [-0.2, -0.15) is 0 Å². The highest BCUT2D eigenvalue weighted by Gasteiger charge is 2.14. The lowest BCUT2D eigenvalue weighted by Crippen LogP contribution is -2.02. The van der Waals surface area contributed by atoms with Gasteiger partial charge in [-0.05, 0) is 35.9 Å². The first-order chi connectivity index (χ1) is 13.0. The molecule has 0 radical (unpaired) electrons. The molecule has 0 aliphatic rings. The maximum atomic E-state index is 14.0. The van der Waals surface area contributed by atoms with E-state index in [1.807, 2.05) is 29.0 Å². The van der Waals surface area contributed by atoms with E-state index in [4.69, 9.17) is 27.9 Å². The van der Waals surface area contributed by atoms with E-state index >= 15 is 0 Å². The number of nitrogens with zero attached hydrogens (tertiary/aromatic N) is 3. The Morgan fingerprint density at radius 2 is 1.93 bits per heavy atom. The van der Waals surface area contributed by atoms with Crippen molar-refractivity contribution in [2.24, 2.45) is 0 Å². The maximum absolute atomic E-state index is 14.0. The minimum Gasteiger partial charge on any atom is -0.481 e. The average Bonchev–Trinajstić information content (AvgIpc) is 3.02. The SMILES string of the molecule is COc1cccc(Cn2cc(-c3ccc(Cl)c(F)c3)c3ccc(Cl)nc32)n1. The fourth-order valence-electron chi connectivity index (χ4n) is 2.99. The van der Waals surface area contributed by atoms with Crippen molar-refractivity contribution in [3.63, 3.8) is 0 Å². The van der Waals surface area contributed by atoms with E-state index in [0.29, 0.717) is 28.8 Å². The summed E-state index contributed by atoms with van der Waals surface area (Å²) in [6, 6.07) is 13.9. The summed E-state index contributed by atoms with van der Waals surface area (Å²) >= 11 is 11.9. The maximum Gasteiger partial charge on any atom is 0.213 e. The molecular formula is C20H14Cl2FN3O. The van der Waals surface area contributed by atoms with E-state index in [-0.39, 0.29) is 5.02 Å². The molecule has 0 unspecified atom stereocenters. The summed E-state index contributed by atoms with van der Waals surface area (Å²) in [5, 5.41) is 1.34. The standard InChI is InChI=1S/C20H14Cl2FN3O/c1-27-19-4-2-3-13(24-19)10-26-11-15(12-5-7-16(21)17(23)9-12)14-6-8-18(22)25-20(14)26/h2-9,11H,10H2,1H3. The zero-order valence-electron chi connectivity index (χ0n) is 14.3. The molecule has 0 aliphatic carbocycles. The lowest BCUT2D eigenvalue weighted by Gasteiger charge is -2.06. The number of hydrogen-bond donors (Lipinski definition) is 0. The van der Waals surface area contributed by atoms with Gasteiger partial charge in [-0.1, -0.05) is 35.3 Å². The highest BCUT2D eigenvalue weighted by Crippen LogP contribution is 2.32. The van der Waals surface area contributed by atoms with Crippen molar-refractivity contribution in [2.75, 3.05) is 7.11 Å². The molecule has 3 aromatic heterocycles. The molecule has 4 nitrogen and oxygen atoms in total. The Bertz CT molecular complexity index is 1140. The molecular weight excluding hydrogens is 388 g/mol. The molecule has 1 aromatic carbocycles. The number of benzene rings is 1. The van der Waals surface area contributed by atoms with Gasteiger partial charge in [0.2, 0.25) is 5.88 Å². The van der Waals surface area contributed by atoms with Crippen LogP contribution in [0.15, 0.2) is 54.7 Å². The smallest absolute Gasteiger partial charge is 0.213 e. The molecule has 4 rings (SSSR count). The third kappa shape index (κ3) is 3.48. The van der Waals surface area contributed by atoms with E-state index in [9.17, 15) is 4.39 Å². The van der Waals surface area contributed by atoms with Crippen LogP contribution in [0.5, 0.6) is 5.88 Å². The van der Waals surface area contributed by atoms with Gasteiger partial charge >= 0.3 is 0 Å². The minimum absolute atomic E-state index is 0.0873. The highest BCUT2D eigenvalue weighted by atomic mass is 35.5. The molecule has 0 amide bonds. The van der Waals surface area contributed by atoms with Gasteiger partial charge in [0.1, 0.15) is 16.6 Å². The first-order valence-electron chi connectivity index (χ1n) is 8.16. The van der Waals surface area contributed by atoms with Crippen LogP contribution in [0.2, 0.25) is 10.2 Å². The summed E-state index contributed by atoms with van der Waals surface area (Å²) < 4.78 is 21.1. The van der Waals surface area contributed by atoms with Gasteiger partial charge in [-0.3, -0.25) is 0 Å². The molecule has 0 atom stereocenters. The summed E-state index contributed by atoms with van der Waals surface area (Å²) in [6.45, 7) is 0.469. The first-order valence-corrected chi connectivity index (χ1v) is 8.91. The van der Waals surface area contributed by atoms with Crippen LogP contribution >= 0.6 is 23.2 Å². The summed E-state index contributed by atoms with van der Waals surface area (Å²) in [7, 11) is 1.58. The van der Waals surface area contributed by atoms with Crippen molar-refractivity contribution in [2.45, 2.75) is 6.54 Å². The molecule has 3 heterocycles. The van der Waals surface area contributed by atoms with Crippen molar-refractivity contribution >= 4 is 34.2 Å². The summed E-state index contributed by atoms with van der Waals surface area (Å²) in [5.74, 6) is 0.0707. The predicted octanol–water partition coefficient (Wildman–Crippen LogP) is 5.60. The summed E-state index contributed by atoms with van der Waals surface area (Å²) in [4.78, 5) is 8.89. The van der Waals surface area contributed by atoms with Crippen molar-refractivity contribution in [1.29, 1.82) is 0 Å². The molecule has 0 saturated heterocycles. The molecule has 0 N–H and O–H groups in total. The van der Waals surface area contributed by atoms with Gasteiger partial charge in [0, 0.05) is 23.2 Å². The number of ether oxygens (including phenoxy) is 1. The largest absolute Gasteiger partial charge is 0.481 e. The molecule has 136 valence electrons. The molecule has 4 aromatic rings. The van der Waals surface area contributed by atoms with E-state index in [1.54, 1.807) is 31.4 Å². The number of halogens is 3. The Balaban J connectivity index is 1.85. The van der Waals surface area contributed by atoms with Gasteiger partial charge in [0.05, 0.1) is 24.4 Å². The number of rotatable bonds is 4. The second kappa shape index (κ2) is 7.18. The van der Waals surface area contributed by atoms with Crippen molar-refractivity contribution in [1.82, 2.24) is 14.5 Å². The first kappa shape index (κ1) is 17.8. The van der Waals surface area contributed by atoms with Gasteiger partial charge in [-0.25, -0.2) is 14.4 Å². The fourth-order valence-corrected chi connectivity index (χ4v) is 3.25. The zero-order chi connectivity index (χ0) is 19.0. The zero-order valence-corrected chi connectivity index (χ0v) is 15.8. The van der Waals surface area contributed by atoms with Gasteiger partial charge in [-0.15, -0.1) is 0 Å². The van der Waals surface area contributed by atoms with E-state index in [2.05, 4.69) is 9.97 Å². The molecule has 0 bridgehead atoms. The van der Waals surface area contributed by atoms with E-state index in [1.165, 1.54) is 6.07 Å². The normalized spacial score (nSPS) is 11.1. The molecule has 0 saturated carbocycles. The number of hydrogen-bond acceptors (Lipinski definition) is 3. The van der Waals surface area contributed by atoms with Crippen LogP contribution in [0.4, 0.5) is 4.39 Å². The van der Waals surface area contributed by atoms with Crippen LogP contribution in [-0.2, 0) is 6.54 Å². The third-order valence-electron chi connectivity index (χ3n) is 4.24. The van der Waals surface area contributed by atoms with Crippen LogP contribution in [0.3, 0.4) is 0 Å². The van der Waals surface area contributed by atoms with Gasteiger partial charge in [0.15, 0.2) is 0 Å². The number of pyridine rings is 2. The molecule has 0 fully saturated rings. The fraction of sp³-hybridized carbons (Fsp3) is 0.100. The lowest BCUT2D eigenvalue weighted by molar-refractivity contribution is 0.396. The van der Waals surface area contributed by atoms with Gasteiger partial charge < -0.3 is 9.30 Å². The van der Waals surface area contributed by atoms with Crippen LogP contribution in [0.25, 0.3) is 22.2 Å². The molecule has 0 spiro atoms. The number of fused-ring (bicyclic) bond motifs is 1. The Kier molecular flexibility index (Phi) is 4.72. The van der Waals surface area contributed by atoms with Crippen molar-refractivity contribution in [3.05, 3.63) is 76.4 Å². The van der Waals surface area contributed by atoms with Crippen LogP contribution in [0.1, 0.15) is 5.69 Å². The monoisotopic (exact) mass is 401 g/mol. The van der Waals surface area contributed by atoms with E-state index < -0.39 is 5.82 Å². The summed E-state index contributed by atoms with van der Waals surface area (Å²) in [6.07, 6.45) is 1.91. The van der Waals surface area contributed by atoms with Crippen LogP contribution in [0, 0.1) is 5.82 Å². The highest BCUT2D eigenvalue weighted by molar-refractivity contribution is 6.31. The Morgan fingerprint density at radius 3 is 2.70 bits per heavy atom. The lowest BCUT2D eigenvalue weighted by atomic mass is 10.1. The Labute approximate surface area is 165 Å². The average molecular weight is 402 g/mol. The third-order valence-corrected chi connectivity index (χ3v) is 4.76. The number of aromatic nitrogens is 3. The molecule has 7 heteroatoms. The quantitative estimate of drug-likeness (QED) is 0.417. The van der Waals surface area contributed by atoms with Crippen LogP contribution in [-0.4, -0.2) is 21.6 Å². The van der Waals surface area contributed by atoms with Crippen LogP contribution < -0.4 is 4.74 Å². The molecule has 0 aliphatic heterocycles. The number of methoxy groups -OCH3 is 1. The predicted molar refractivity (Wildman–Crippen MR) is 105 cm³/mol. The Morgan fingerprint density at radius 1 is 1.07 bits per heavy atom. The van der Waals surface area contributed by atoms with Crippen molar-refractivity contribution < 1.29 is 9.13 Å².